The quantitative estimate of drug-likeness (QED) is 0.848. The maximum Gasteiger partial charge on any atom is 0.118 e. The highest BCUT2D eigenvalue weighted by Crippen LogP contribution is 2.23. The smallest absolute Gasteiger partial charge is 0.118 e. The van der Waals surface area contributed by atoms with Gasteiger partial charge in [-0.15, -0.1) is 0 Å². The van der Waals surface area contributed by atoms with Crippen LogP contribution in [0.1, 0.15) is 0 Å². The van der Waals surface area contributed by atoms with Crippen molar-refractivity contribution < 1.29 is 8.95 Å². The van der Waals surface area contributed by atoms with Gasteiger partial charge in [0.25, 0.3) is 0 Å². The van der Waals surface area contributed by atoms with Crippen molar-refractivity contribution in [3.63, 3.8) is 0 Å². The van der Waals surface area contributed by atoms with E-state index >= 15 is 0 Å². The molecule has 17 heavy (non-hydrogen) atoms. The molecule has 0 saturated heterocycles. The topological polar surface area (TPSA) is 52.3 Å². The first-order valence-electron chi connectivity index (χ1n) is 5.12. The van der Waals surface area contributed by atoms with Gasteiger partial charge in [0.05, 0.1) is 22.8 Å². The largest absolute Gasteiger partial charge is 0.497 e. The van der Waals surface area contributed by atoms with Gasteiger partial charge in [-0.3, -0.25) is 0 Å². The summed E-state index contributed by atoms with van der Waals surface area (Å²) in [5.74, 6) is 0.742. The average Bonchev–Trinajstić information content (AvgIpc) is 2.39. The first kappa shape index (κ1) is 11.7. The molecule has 0 radical (unpaired) electrons. The van der Waals surface area contributed by atoms with Crippen LogP contribution >= 0.6 is 0 Å². The molecule has 0 aliphatic heterocycles. The fraction of sp³-hybridized carbons (Fsp3) is 0.0769. The van der Waals surface area contributed by atoms with Gasteiger partial charge in [-0.1, -0.05) is 12.1 Å². The number of benzene rings is 2. The Hall–Kier alpha value is -1.81. The molecule has 2 aromatic carbocycles. The number of hydrogen-bond acceptors (Lipinski definition) is 3. The van der Waals surface area contributed by atoms with Gasteiger partial charge in [0.2, 0.25) is 0 Å². The molecule has 2 N–H and O–H groups in total. The second-order valence-electron chi connectivity index (χ2n) is 3.48. The summed E-state index contributed by atoms with van der Waals surface area (Å²) in [4.78, 5) is 1.35. The van der Waals surface area contributed by atoms with Gasteiger partial charge in [0.15, 0.2) is 0 Å². The van der Waals surface area contributed by atoms with Crippen LogP contribution in [0.3, 0.4) is 0 Å². The van der Waals surface area contributed by atoms with E-state index in [0.717, 1.165) is 5.75 Å². The van der Waals surface area contributed by atoms with Crippen molar-refractivity contribution in [3.05, 3.63) is 48.5 Å². The van der Waals surface area contributed by atoms with Crippen LogP contribution in [-0.4, -0.2) is 11.3 Å². The molecular formula is C13H13NO2S. The number of anilines is 1. The minimum absolute atomic E-state index is 0.543. The maximum atomic E-state index is 12.3. The normalized spacial score (nSPS) is 12.1. The third kappa shape index (κ3) is 2.47. The Morgan fingerprint density at radius 3 is 2.29 bits per heavy atom. The summed E-state index contributed by atoms with van der Waals surface area (Å²) in [6.45, 7) is 0. The number of ether oxygens (including phenoxy) is 1. The first-order valence-corrected chi connectivity index (χ1v) is 6.27. The summed E-state index contributed by atoms with van der Waals surface area (Å²) in [5, 5.41) is 0. The van der Waals surface area contributed by atoms with Gasteiger partial charge < -0.3 is 10.5 Å². The summed E-state index contributed by atoms with van der Waals surface area (Å²) in [6.07, 6.45) is 0. The van der Waals surface area contributed by atoms with Crippen LogP contribution < -0.4 is 10.5 Å². The summed E-state index contributed by atoms with van der Waals surface area (Å²) in [5.41, 5.74) is 6.34. The van der Waals surface area contributed by atoms with E-state index in [1.165, 1.54) is 0 Å². The molecular weight excluding hydrogens is 234 g/mol. The second kappa shape index (κ2) is 5.01. The highest BCUT2D eigenvalue weighted by molar-refractivity contribution is 7.85. The number of rotatable bonds is 3. The molecule has 2 rings (SSSR count). The van der Waals surface area contributed by atoms with Crippen LogP contribution in [0.25, 0.3) is 0 Å². The van der Waals surface area contributed by atoms with Gasteiger partial charge >= 0.3 is 0 Å². The molecule has 0 amide bonds. The fourth-order valence-corrected chi connectivity index (χ4v) is 2.60. The Morgan fingerprint density at radius 2 is 1.71 bits per heavy atom. The van der Waals surface area contributed by atoms with Gasteiger partial charge in [-0.2, -0.15) is 0 Å². The molecule has 0 bridgehead atoms. The molecule has 88 valence electrons. The number of hydrogen-bond donors (Lipinski definition) is 1. The Labute approximate surface area is 103 Å². The second-order valence-corrected chi connectivity index (χ2v) is 4.93. The third-order valence-electron chi connectivity index (χ3n) is 2.39. The minimum atomic E-state index is -1.25. The van der Waals surface area contributed by atoms with Crippen LogP contribution in [0.15, 0.2) is 58.3 Å². The summed E-state index contributed by atoms with van der Waals surface area (Å²) < 4.78 is 17.3. The lowest BCUT2D eigenvalue weighted by Gasteiger charge is -2.06. The molecule has 1 atom stereocenters. The maximum absolute atomic E-state index is 12.3. The van der Waals surface area contributed by atoms with Crippen molar-refractivity contribution in [2.75, 3.05) is 12.8 Å². The van der Waals surface area contributed by atoms with Crippen LogP contribution in [0.2, 0.25) is 0 Å². The Kier molecular flexibility index (Phi) is 3.44. The number of nitrogens with two attached hydrogens (primary N) is 1. The van der Waals surface area contributed by atoms with E-state index < -0.39 is 10.8 Å². The highest BCUT2D eigenvalue weighted by Gasteiger charge is 2.09. The predicted octanol–water partition coefficient (Wildman–Crippen LogP) is 2.44. The Morgan fingerprint density at radius 1 is 1.06 bits per heavy atom. The van der Waals surface area contributed by atoms with Crippen molar-refractivity contribution >= 4 is 16.5 Å². The van der Waals surface area contributed by atoms with E-state index in [9.17, 15) is 4.21 Å². The lowest BCUT2D eigenvalue weighted by molar-refractivity contribution is 0.414. The molecule has 0 saturated carbocycles. The molecule has 0 aromatic heterocycles. The average molecular weight is 247 g/mol. The molecule has 0 aliphatic rings. The van der Waals surface area contributed by atoms with Crippen LogP contribution in [0, 0.1) is 0 Å². The van der Waals surface area contributed by atoms with Crippen LogP contribution in [0.4, 0.5) is 5.69 Å². The van der Waals surface area contributed by atoms with E-state index in [0.29, 0.717) is 15.5 Å². The molecule has 0 fully saturated rings. The van der Waals surface area contributed by atoms with E-state index in [2.05, 4.69) is 0 Å². The molecule has 3 nitrogen and oxygen atoms in total. The third-order valence-corrected chi connectivity index (χ3v) is 3.86. The zero-order valence-electron chi connectivity index (χ0n) is 9.42. The van der Waals surface area contributed by atoms with E-state index in [1.807, 2.05) is 12.1 Å². The number of methoxy groups -OCH3 is 1. The summed E-state index contributed by atoms with van der Waals surface area (Å²) in [6, 6.07) is 14.3. The highest BCUT2D eigenvalue weighted by atomic mass is 32.2. The molecule has 0 spiro atoms. The molecule has 4 heteroatoms. The lowest BCUT2D eigenvalue weighted by Crippen LogP contribution is -1.98. The predicted molar refractivity (Wildman–Crippen MR) is 68.5 cm³/mol. The SMILES string of the molecule is COc1ccc(S(=O)c2ccccc2N)cc1. The van der Waals surface area contributed by atoms with Crippen molar-refractivity contribution in [3.8, 4) is 5.75 Å². The van der Waals surface area contributed by atoms with Gasteiger partial charge in [-0.05, 0) is 36.4 Å². The zero-order valence-corrected chi connectivity index (χ0v) is 10.2. The van der Waals surface area contributed by atoms with Crippen molar-refractivity contribution in [2.24, 2.45) is 0 Å². The van der Waals surface area contributed by atoms with E-state index in [4.69, 9.17) is 10.5 Å². The fourth-order valence-electron chi connectivity index (χ4n) is 1.48. The monoisotopic (exact) mass is 247 g/mol. The zero-order chi connectivity index (χ0) is 12.3. The van der Waals surface area contributed by atoms with Crippen molar-refractivity contribution in [1.82, 2.24) is 0 Å². The van der Waals surface area contributed by atoms with Gasteiger partial charge in [0, 0.05) is 10.6 Å². The standard InChI is InChI=1S/C13H13NO2S/c1-16-10-6-8-11(9-7-10)17(15)13-5-3-2-4-12(13)14/h2-9H,14H2,1H3. The summed E-state index contributed by atoms with van der Waals surface area (Å²) in [7, 11) is 0.349. The first-order chi connectivity index (χ1) is 8.22. The molecule has 0 aliphatic carbocycles. The van der Waals surface area contributed by atoms with Gasteiger partial charge in [0.1, 0.15) is 5.75 Å². The molecule has 0 heterocycles. The summed E-state index contributed by atoms with van der Waals surface area (Å²) >= 11 is 0. The number of para-hydroxylation sites is 1. The van der Waals surface area contributed by atoms with Crippen molar-refractivity contribution in [2.45, 2.75) is 9.79 Å². The van der Waals surface area contributed by atoms with Crippen molar-refractivity contribution in [1.29, 1.82) is 0 Å². The Bertz CT molecular complexity index is 537. The Balaban J connectivity index is 2.34. The van der Waals surface area contributed by atoms with Crippen LogP contribution in [0.5, 0.6) is 5.75 Å². The molecule has 1 unspecified atom stereocenters. The van der Waals surface area contributed by atoms with Gasteiger partial charge in [-0.25, -0.2) is 4.21 Å². The molecule has 2 aromatic rings. The van der Waals surface area contributed by atoms with E-state index in [1.54, 1.807) is 43.5 Å². The van der Waals surface area contributed by atoms with Crippen LogP contribution in [-0.2, 0) is 10.8 Å². The number of nitrogen functional groups attached to an aromatic ring is 1. The minimum Gasteiger partial charge on any atom is -0.497 e. The lowest BCUT2D eigenvalue weighted by atomic mass is 10.3. The van der Waals surface area contributed by atoms with E-state index in [-0.39, 0.29) is 0 Å².